The van der Waals surface area contributed by atoms with E-state index in [0.29, 0.717) is 17.8 Å². The van der Waals surface area contributed by atoms with E-state index in [1.165, 1.54) is 6.92 Å². The first-order valence-corrected chi connectivity index (χ1v) is 6.17. The van der Waals surface area contributed by atoms with E-state index in [9.17, 15) is 9.59 Å². The number of benzene rings is 1. The molecule has 20 heavy (non-hydrogen) atoms. The van der Waals surface area contributed by atoms with Crippen molar-refractivity contribution in [2.75, 3.05) is 12.4 Å². The second-order valence-electron chi connectivity index (χ2n) is 4.53. The fraction of sp³-hybridized carbons (Fsp3) is 0.214. The number of urea groups is 1. The SMILES string of the molecule is CC(=O)c1ccc(NC(=O)N(C)Cc2cn[nH]c2)cc1. The zero-order valence-corrected chi connectivity index (χ0v) is 11.4. The third-order valence-corrected chi connectivity index (χ3v) is 2.86. The number of ketones is 1. The lowest BCUT2D eigenvalue weighted by molar-refractivity contribution is 0.101. The van der Waals surface area contributed by atoms with Gasteiger partial charge in [-0.3, -0.25) is 9.89 Å². The average Bonchev–Trinajstić information content (AvgIpc) is 2.92. The van der Waals surface area contributed by atoms with Crippen LogP contribution in [-0.2, 0) is 6.54 Å². The summed E-state index contributed by atoms with van der Waals surface area (Å²) in [4.78, 5) is 24.7. The van der Waals surface area contributed by atoms with Crippen molar-refractivity contribution in [3.8, 4) is 0 Å². The molecule has 1 aromatic heterocycles. The third-order valence-electron chi connectivity index (χ3n) is 2.86. The summed E-state index contributed by atoms with van der Waals surface area (Å²) < 4.78 is 0. The summed E-state index contributed by atoms with van der Waals surface area (Å²) >= 11 is 0. The number of Topliss-reactive ketones (excluding diaryl/α,β-unsaturated/α-hetero) is 1. The van der Waals surface area contributed by atoms with Crippen LogP contribution in [0.4, 0.5) is 10.5 Å². The van der Waals surface area contributed by atoms with Crippen LogP contribution < -0.4 is 5.32 Å². The molecule has 0 saturated carbocycles. The van der Waals surface area contributed by atoms with Gasteiger partial charge in [0.15, 0.2) is 5.78 Å². The van der Waals surface area contributed by atoms with E-state index in [4.69, 9.17) is 0 Å². The number of anilines is 1. The lowest BCUT2D eigenvalue weighted by Gasteiger charge is -2.17. The molecule has 2 amide bonds. The molecule has 1 aromatic carbocycles. The largest absolute Gasteiger partial charge is 0.323 e. The normalized spacial score (nSPS) is 10.1. The van der Waals surface area contributed by atoms with Crippen molar-refractivity contribution in [3.63, 3.8) is 0 Å². The summed E-state index contributed by atoms with van der Waals surface area (Å²) in [6.07, 6.45) is 3.41. The highest BCUT2D eigenvalue weighted by Gasteiger charge is 2.10. The van der Waals surface area contributed by atoms with Crippen molar-refractivity contribution in [2.24, 2.45) is 0 Å². The first-order chi connectivity index (χ1) is 9.56. The number of H-pyrrole nitrogens is 1. The van der Waals surface area contributed by atoms with E-state index in [2.05, 4.69) is 15.5 Å². The molecule has 0 saturated heterocycles. The predicted molar refractivity (Wildman–Crippen MR) is 75.5 cm³/mol. The number of carbonyl (C=O) groups excluding carboxylic acids is 2. The Hall–Kier alpha value is -2.63. The Kier molecular flexibility index (Phi) is 4.14. The van der Waals surface area contributed by atoms with E-state index < -0.39 is 0 Å². The maximum atomic E-state index is 12.0. The lowest BCUT2D eigenvalue weighted by atomic mass is 10.1. The highest BCUT2D eigenvalue weighted by Crippen LogP contribution is 2.11. The van der Waals surface area contributed by atoms with E-state index in [-0.39, 0.29) is 11.8 Å². The Morgan fingerprint density at radius 3 is 2.55 bits per heavy atom. The van der Waals surface area contributed by atoms with Gasteiger partial charge in [0, 0.05) is 30.1 Å². The van der Waals surface area contributed by atoms with Gasteiger partial charge in [0.1, 0.15) is 0 Å². The number of hydrogen-bond donors (Lipinski definition) is 2. The van der Waals surface area contributed by atoms with Crippen LogP contribution in [0, 0.1) is 0 Å². The standard InChI is InChI=1S/C14H16N4O2/c1-10(19)12-3-5-13(6-4-12)17-14(20)18(2)9-11-7-15-16-8-11/h3-8H,9H2,1-2H3,(H,15,16)(H,17,20). The van der Waals surface area contributed by atoms with Crippen LogP contribution in [0.1, 0.15) is 22.8 Å². The fourth-order valence-corrected chi connectivity index (χ4v) is 1.72. The third kappa shape index (κ3) is 3.44. The average molecular weight is 272 g/mol. The first-order valence-electron chi connectivity index (χ1n) is 6.17. The van der Waals surface area contributed by atoms with Gasteiger partial charge in [-0.2, -0.15) is 5.10 Å². The van der Waals surface area contributed by atoms with Crippen molar-refractivity contribution < 1.29 is 9.59 Å². The Balaban J connectivity index is 1.95. The lowest BCUT2D eigenvalue weighted by Crippen LogP contribution is -2.30. The summed E-state index contributed by atoms with van der Waals surface area (Å²) in [5.41, 5.74) is 2.20. The van der Waals surface area contributed by atoms with Gasteiger partial charge < -0.3 is 10.2 Å². The number of aromatic amines is 1. The molecule has 0 aliphatic heterocycles. The molecule has 2 N–H and O–H groups in total. The molecule has 104 valence electrons. The molecular formula is C14H16N4O2. The van der Waals surface area contributed by atoms with E-state index in [1.54, 1.807) is 48.6 Å². The van der Waals surface area contributed by atoms with E-state index in [0.717, 1.165) is 5.56 Å². The van der Waals surface area contributed by atoms with Gasteiger partial charge in [-0.1, -0.05) is 0 Å². The molecule has 0 atom stereocenters. The molecule has 0 aliphatic carbocycles. The van der Waals surface area contributed by atoms with Crippen LogP contribution in [0.2, 0.25) is 0 Å². The van der Waals surface area contributed by atoms with Crippen molar-refractivity contribution >= 4 is 17.5 Å². The van der Waals surface area contributed by atoms with Gasteiger partial charge >= 0.3 is 6.03 Å². The first kappa shape index (κ1) is 13.8. The highest BCUT2D eigenvalue weighted by atomic mass is 16.2. The second-order valence-corrected chi connectivity index (χ2v) is 4.53. The van der Waals surface area contributed by atoms with Crippen LogP contribution in [0.25, 0.3) is 0 Å². The summed E-state index contributed by atoms with van der Waals surface area (Å²) in [5, 5.41) is 9.30. The van der Waals surface area contributed by atoms with E-state index >= 15 is 0 Å². The summed E-state index contributed by atoms with van der Waals surface area (Å²) in [5.74, 6) is -0.0000441. The number of hydrogen-bond acceptors (Lipinski definition) is 3. The topological polar surface area (TPSA) is 78.1 Å². The van der Waals surface area contributed by atoms with Gasteiger partial charge in [-0.15, -0.1) is 0 Å². The molecule has 2 rings (SSSR count). The minimum atomic E-state index is -0.221. The Bertz CT molecular complexity index is 590. The summed E-state index contributed by atoms with van der Waals surface area (Å²) in [6.45, 7) is 1.97. The monoisotopic (exact) mass is 272 g/mol. The maximum Gasteiger partial charge on any atom is 0.321 e. The minimum absolute atomic E-state index is 0.0000441. The summed E-state index contributed by atoms with van der Waals surface area (Å²) in [7, 11) is 1.70. The van der Waals surface area contributed by atoms with Crippen LogP contribution in [0.15, 0.2) is 36.7 Å². The van der Waals surface area contributed by atoms with Crippen molar-refractivity contribution in [1.29, 1.82) is 0 Å². The van der Waals surface area contributed by atoms with Gasteiger partial charge in [0.25, 0.3) is 0 Å². The molecule has 0 radical (unpaired) electrons. The van der Waals surface area contributed by atoms with Crippen molar-refractivity contribution in [3.05, 3.63) is 47.8 Å². The number of nitrogens with zero attached hydrogens (tertiary/aromatic N) is 2. The number of amides is 2. The quantitative estimate of drug-likeness (QED) is 0.838. The number of nitrogens with one attached hydrogen (secondary N) is 2. The van der Waals surface area contributed by atoms with E-state index in [1.807, 2.05) is 0 Å². The van der Waals surface area contributed by atoms with Gasteiger partial charge in [0.2, 0.25) is 0 Å². The molecule has 0 unspecified atom stereocenters. The van der Waals surface area contributed by atoms with Crippen LogP contribution in [0.5, 0.6) is 0 Å². The Morgan fingerprint density at radius 2 is 2.00 bits per heavy atom. The molecule has 0 aliphatic rings. The predicted octanol–water partition coefficient (Wildman–Crippen LogP) is 2.28. The van der Waals surface area contributed by atoms with Gasteiger partial charge in [0.05, 0.1) is 12.7 Å². The molecule has 6 nitrogen and oxygen atoms in total. The number of rotatable bonds is 4. The van der Waals surface area contributed by atoms with Crippen LogP contribution in [0.3, 0.4) is 0 Å². The molecule has 1 heterocycles. The molecule has 6 heteroatoms. The Labute approximate surface area is 116 Å². The molecule has 0 spiro atoms. The zero-order valence-electron chi connectivity index (χ0n) is 11.4. The minimum Gasteiger partial charge on any atom is -0.323 e. The second kappa shape index (κ2) is 6.01. The highest BCUT2D eigenvalue weighted by molar-refractivity contribution is 5.95. The molecular weight excluding hydrogens is 256 g/mol. The fourth-order valence-electron chi connectivity index (χ4n) is 1.72. The van der Waals surface area contributed by atoms with Crippen molar-refractivity contribution in [2.45, 2.75) is 13.5 Å². The number of carbonyl (C=O) groups is 2. The maximum absolute atomic E-state index is 12.0. The smallest absolute Gasteiger partial charge is 0.321 e. The van der Waals surface area contributed by atoms with Crippen LogP contribution in [-0.4, -0.2) is 34.0 Å². The number of aromatic nitrogens is 2. The Morgan fingerprint density at radius 1 is 1.30 bits per heavy atom. The zero-order chi connectivity index (χ0) is 14.5. The van der Waals surface area contributed by atoms with Gasteiger partial charge in [-0.25, -0.2) is 4.79 Å². The molecule has 0 bridgehead atoms. The van der Waals surface area contributed by atoms with Gasteiger partial charge in [-0.05, 0) is 31.2 Å². The molecule has 2 aromatic rings. The molecule has 0 fully saturated rings. The summed E-state index contributed by atoms with van der Waals surface area (Å²) in [6, 6.07) is 6.57. The van der Waals surface area contributed by atoms with Crippen molar-refractivity contribution in [1.82, 2.24) is 15.1 Å². The van der Waals surface area contributed by atoms with Crippen LogP contribution >= 0.6 is 0 Å².